The van der Waals surface area contributed by atoms with Gasteiger partial charge in [-0.2, -0.15) is 0 Å². The summed E-state index contributed by atoms with van der Waals surface area (Å²) in [6.45, 7) is 1.95. The Morgan fingerprint density at radius 1 is 1.10 bits per heavy atom. The summed E-state index contributed by atoms with van der Waals surface area (Å²) < 4.78 is 1.51. The third-order valence-electron chi connectivity index (χ3n) is 5.67. The van der Waals surface area contributed by atoms with Crippen molar-refractivity contribution in [1.82, 2.24) is 19.9 Å². The lowest BCUT2D eigenvalue weighted by atomic mass is 9.97. The second kappa shape index (κ2) is 10.1. The molecular weight excluding hydrogens is 408 g/mol. The third kappa shape index (κ3) is 5.34. The topological polar surface area (TPSA) is 76.9 Å². The minimum Gasteiger partial charge on any atom is -0.353 e. The van der Waals surface area contributed by atoms with E-state index in [0.29, 0.717) is 21.9 Å². The Kier molecular flexibility index (Phi) is 7.02. The van der Waals surface area contributed by atoms with E-state index >= 15 is 0 Å². The Morgan fingerprint density at radius 3 is 2.58 bits per heavy atom. The zero-order valence-electron chi connectivity index (χ0n) is 17.8. The second-order valence-electron chi connectivity index (χ2n) is 8.14. The number of aryl methyl sites for hydroxylation is 1. The van der Waals surface area contributed by atoms with Crippen molar-refractivity contribution < 1.29 is 4.79 Å². The number of carbonyl (C=O) groups is 1. The molecule has 0 radical (unpaired) electrons. The lowest BCUT2D eigenvalue weighted by Gasteiger charge is -2.21. The van der Waals surface area contributed by atoms with Gasteiger partial charge in [-0.15, -0.1) is 0 Å². The molecule has 4 rings (SSSR count). The number of hydrogen-bond acceptors (Lipinski definition) is 5. The quantitative estimate of drug-likeness (QED) is 0.474. The number of amides is 1. The Labute approximate surface area is 186 Å². The van der Waals surface area contributed by atoms with E-state index in [-0.39, 0.29) is 23.3 Å². The first-order valence-corrected chi connectivity index (χ1v) is 12.0. The number of fused-ring (bicyclic) bond motifs is 1. The maximum absolute atomic E-state index is 13.2. The molecule has 31 heavy (non-hydrogen) atoms. The number of aromatic nitrogens is 3. The monoisotopic (exact) mass is 436 g/mol. The summed E-state index contributed by atoms with van der Waals surface area (Å²) in [5, 5.41) is 4.20. The van der Waals surface area contributed by atoms with E-state index in [1.54, 1.807) is 12.3 Å². The number of benzene rings is 1. The fraction of sp³-hybridized carbons (Fsp3) is 0.417. The van der Waals surface area contributed by atoms with E-state index in [2.05, 4.69) is 15.3 Å². The van der Waals surface area contributed by atoms with Crippen LogP contribution in [0.15, 0.2) is 52.5 Å². The van der Waals surface area contributed by atoms with E-state index < -0.39 is 0 Å². The zero-order chi connectivity index (χ0) is 21.6. The van der Waals surface area contributed by atoms with Gasteiger partial charge in [-0.3, -0.25) is 9.59 Å². The largest absolute Gasteiger partial charge is 0.353 e. The zero-order valence-corrected chi connectivity index (χ0v) is 18.7. The average molecular weight is 437 g/mol. The van der Waals surface area contributed by atoms with Crippen LogP contribution in [-0.2, 0) is 4.79 Å². The molecule has 2 aromatic heterocycles. The Balaban J connectivity index is 1.57. The van der Waals surface area contributed by atoms with Gasteiger partial charge in [-0.25, -0.2) is 14.5 Å². The fourth-order valence-electron chi connectivity index (χ4n) is 4.00. The SMILES string of the molecule is Cc1ccc(-n2c(SCC(=O)NC3CCCCCCC3)nc3ccccc3c2=O)nc1. The van der Waals surface area contributed by atoms with Crippen molar-refractivity contribution in [3.05, 3.63) is 58.5 Å². The highest BCUT2D eigenvalue weighted by Crippen LogP contribution is 2.21. The van der Waals surface area contributed by atoms with E-state index in [1.165, 1.54) is 48.4 Å². The van der Waals surface area contributed by atoms with Crippen molar-refractivity contribution >= 4 is 28.6 Å². The number of hydrogen-bond donors (Lipinski definition) is 1. The molecule has 1 saturated carbocycles. The molecular formula is C24H28N4O2S. The normalized spacial score (nSPS) is 15.4. The van der Waals surface area contributed by atoms with Crippen molar-refractivity contribution in [2.24, 2.45) is 0 Å². The molecule has 2 heterocycles. The van der Waals surface area contributed by atoms with Crippen molar-refractivity contribution in [2.75, 3.05) is 5.75 Å². The Hall–Kier alpha value is -2.67. The molecule has 1 aliphatic carbocycles. The van der Waals surface area contributed by atoms with Gasteiger partial charge in [0.05, 0.1) is 16.7 Å². The number of thioether (sulfide) groups is 1. The van der Waals surface area contributed by atoms with Gasteiger partial charge in [0.25, 0.3) is 5.56 Å². The number of nitrogens with zero attached hydrogens (tertiary/aromatic N) is 3. The van der Waals surface area contributed by atoms with Gasteiger partial charge in [0.1, 0.15) is 5.82 Å². The average Bonchev–Trinajstić information content (AvgIpc) is 2.75. The molecule has 0 spiro atoms. The minimum atomic E-state index is -0.176. The molecule has 1 amide bonds. The molecule has 3 aromatic rings. The Morgan fingerprint density at radius 2 is 1.84 bits per heavy atom. The van der Waals surface area contributed by atoms with Gasteiger partial charge in [0.15, 0.2) is 5.16 Å². The summed E-state index contributed by atoms with van der Waals surface area (Å²) in [5.74, 6) is 0.714. The highest BCUT2D eigenvalue weighted by molar-refractivity contribution is 7.99. The van der Waals surface area contributed by atoms with Crippen LogP contribution in [0, 0.1) is 6.92 Å². The van der Waals surface area contributed by atoms with Gasteiger partial charge in [0.2, 0.25) is 5.91 Å². The summed E-state index contributed by atoms with van der Waals surface area (Å²) in [4.78, 5) is 35.0. The van der Waals surface area contributed by atoms with Crippen LogP contribution in [0.3, 0.4) is 0 Å². The van der Waals surface area contributed by atoms with Crippen LogP contribution in [0.25, 0.3) is 16.7 Å². The third-order valence-corrected chi connectivity index (χ3v) is 6.61. The smallest absolute Gasteiger partial charge is 0.267 e. The molecule has 0 saturated heterocycles. The first kappa shape index (κ1) is 21.6. The molecule has 0 unspecified atom stereocenters. The van der Waals surface area contributed by atoms with E-state index in [9.17, 15) is 9.59 Å². The summed E-state index contributed by atoms with van der Waals surface area (Å²) in [6, 6.07) is 11.3. The van der Waals surface area contributed by atoms with Gasteiger partial charge in [0, 0.05) is 12.2 Å². The van der Waals surface area contributed by atoms with Gasteiger partial charge in [-0.05, 0) is 43.5 Å². The number of pyridine rings is 1. The lowest BCUT2D eigenvalue weighted by molar-refractivity contribution is -0.119. The summed E-state index contributed by atoms with van der Waals surface area (Å²) in [7, 11) is 0. The van der Waals surface area contributed by atoms with E-state index in [0.717, 1.165) is 18.4 Å². The second-order valence-corrected chi connectivity index (χ2v) is 9.09. The van der Waals surface area contributed by atoms with Gasteiger partial charge < -0.3 is 5.32 Å². The maximum Gasteiger partial charge on any atom is 0.267 e. The lowest BCUT2D eigenvalue weighted by Crippen LogP contribution is -2.36. The molecule has 1 N–H and O–H groups in total. The molecule has 0 bridgehead atoms. The summed E-state index contributed by atoms with van der Waals surface area (Å²) in [6.07, 6.45) is 9.95. The molecule has 6 nitrogen and oxygen atoms in total. The standard InChI is InChI=1S/C24H28N4O2S/c1-17-13-14-21(25-15-17)28-23(30)19-11-7-8-12-20(19)27-24(28)31-16-22(29)26-18-9-5-3-2-4-6-10-18/h7-8,11-15,18H,2-6,9-10,16H2,1H3,(H,26,29). The van der Waals surface area contributed by atoms with Crippen molar-refractivity contribution in [3.63, 3.8) is 0 Å². The Bertz CT molecular complexity index is 1100. The maximum atomic E-state index is 13.2. The van der Waals surface area contributed by atoms with Crippen molar-refractivity contribution in [2.45, 2.75) is 63.1 Å². The first-order chi connectivity index (χ1) is 15.1. The molecule has 0 aliphatic heterocycles. The molecule has 7 heteroatoms. The molecule has 1 aliphatic rings. The molecule has 162 valence electrons. The van der Waals surface area contributed by atoms with Crippen molar-refractivity contribution in [3.8, 4) is 5.82 Å². The van der Waals surface area contributed by atoms with Crippen LogP contribution in [0.1, 0.15) is 50.5 Å². The van der Waals surface area contributed by atoms with E-state index in [1.807, 2.05) is 37.3 Å². The van der Waals surface area contributed by atoms with Crippen LogP contribution >= 0.6 is 11.8 Å². The predicted octanol–water partition coefficient (Wildman–Crippen LogP) is 4.41. The van der Waals surface area contributed by atoms with Crippen LogP contribution < -0.4 is 10.9 Å². The number of carbonyl (C=O) groups excluding carboxylic acids is 1. The predicted molar refractivity (Wildman–Crippen MR) is 125 cm³/mol. The van der Waals surface area contributed by atoms with Crippen molar-refractivity contribution in [1.29, 1.82) is 0 Å². The van der Waals surface area contributed by atoms with Gasteiger partial charge in [-0.1, -0.05) is 62.1 Å². The first-order valence-electron chi connectivity index (χ1n) is 11.0. The molecule has 0 atom stereocenters. The van der Waals surface area contributed by atoms with Gasteiger partial charge >= 0.3 is 0 Å². The van der Waals surface area contributed by atoms with Crippen LogP contribution in [-0.4, -0.2) is 32.2 Å². The number of para-hydroxylation sites is 1. The van der Waals surface area contributed by atoms with Crippen LogP contribution in [0.4, 0.5) is 0 Å². The number of nitrogens with one attached hydrogen (secondary N) is 1. The van der Waals surface area contributed by atoms with Crippen LogP contribution in [0.2, 0.25) is 0 Å². The van der Waals surface area contributed by atoms with Crippen LogP contribution in [0.5, 0.6) is 0 Å². The minimum absolute atomic E-state index is 0.0126. The number of rotatable bonds is 5. The van der Waals surface area contributed by atoms with E-state index in [4.69, 9.17) is 0 Å². The highest BCUT2D eigenvalue weighted by Gasteiger charge is 2.18. The summed E-state index contributed by atoms with van der Waals surface area (Å²) in [5.41, 5.74) is 1.46. The molecule has 1 aromatic carbocycles. The highest BCUT2D eigenvalue weighted by atomic mass is 32.2. The fourth-order valence-corrected chi connectivity index (χ4v) is 4.82. The summed E-state index contributed by atoms with van der Waals surface area (Å²) >= 11 is 1.28. The molecule has 1 fully saturated rings.